The Hall–Kier alpha value is -1.47. The summed E-state index contributed by atoms with van der Waals surface area (Å²) in [7, 11) is 0. The van der Waals surface area contributed by atoms with Crippen LogP contribution in [-0.4, -0.2) is 49.1 Å². The molecule has 0 aliphatic carbocycles. The number of ether oxygens (including phenoxy) is 1. The largest absolute Gasteiger partial charge is 0.493 e. The Morgan fingerprint density at radius 3 is 2.22 bits per heavy atom. The number of benzene rings is 1. The number of nitrogens with two attached hydrogens (primary N) is 1. The predicted molar refractivity (Wildman–Crippen MR) is 84.4 cm³/mol. The zero-order valence-electron chi connectivity index (χ0n) is 13.6. The van der Waals surface area contributed by atoms with E-state index in [1.54, 1.807) is 6.92 Å². The first-order valence-electron chi connectivity index (χ1n) is 7.92. The second kappa shape index (κ2) is 7.40. The minimum atomic E-state index is -4.45. The summed E-state index contributed by atoms with van der Waals surface area (Å²) >= 11 is 0. The van der Waals surface area contributed by atoms with E-state index in [0.717, 1.165) is 38.8 Å². The van der Waals surface area contributed by atoms with Crippen LogP contribution in [0.2, 0.25) is 0 Å². The monoisotopic (exact) mass is 331 g/mol. The molecule has 1 aliphatic rings. The summed E-state index contributed by atoms with van der Waals surface area (Å²) in [5.41, 5.74) is 5.02. The summed E-state index contributed by atoms with van der Waals surface area (Å²) in [6.07, 6.45) is -4.45. The third-order valence-electron chi connectivity index (χ3n) is 4.14. The number of rotatable bonds is 5. The molecule has 1 aliphatic heterocycles. The van der Waals surface area contributed by atoms with Crippen molar-refractivity contribution in [2.45, 2.75) is 26.6 Å². The molecule has 1 aromatic carbocycles. The average molecular weight is 331 g/mol. The van der Waals surface area contributed by atoms with Crippen molar-refractivity contribution in [1.29, 1.82) is 0 Å². The molecule has 0 spiro atoms. The fourth-order valence-electron chi connectivity index (χ4n) is 2.80. The fourth-order valence-corrected chi connectivity index (χ4v) is 2.80. The molecule has 1 fully saturated rings. The molecule has 0 saturated carbocycles. The normalized spacial score (nSPS) is 17.4. The quantitative estimate of drug-likeness (QED) is 0.843. The average Bonchev–Trinajstić information content (AvgIpc) is 2.49. The lowest BCUT2D eigenvalue weighted by atomic mass is 10.1. The molecule has 1 saturated heterocycles. The summed E-state index contributed by atoms with van der Waals surface area (Å²) in [5, 5.41) is 0. The van der Waals surface area contributed by atoms with E-state index < -0.39 is 11.7 Å². The van der Waals surface area contributed by atoms with Gasteiger partial charge in [0, 0.05) is 50.0 Å². The number of halogens is 3. The second-order valence-corrected chi connectivity index (χ2v) is 5.69. The summed E-state index contributed by atoms with van der Waals surface area (Å²) in [4.78, 5) is 4.48. The number of likely N-dealkylation sites (N-methyl/N-ethyl adjacent to an activating group) is 1. The van der Waals surface area contributed by atoms with Crippen LogP contribution in [0.4, 0.5) is 18.9 Å². The van der Waals surface area contributed by atoms with Gasteiger partial charge in [-0.05, 0) is 19.5 Å². The fraction of sp³-hybridized carbons (Fsp3) is 0.625. The highest BCUT2D eigenvalue weighted by molar-refractivity contribution is 5.56. The molecular formula is C16H24F3N3O. The maximum atomic E-state index is 13.1. The van der Waals surface area contributed by atoms with E-state index in [1.165, 1.54) is 6.07 Å². The third kappa shape index (κ3) is 4.51. The van der Waals surface area contributed by atoms with E-state index in [0.29, 0.717) is 24.5 Å². The van der Waals surface area contributed by atoms with Crippen molar-refractivity contribution in [3.05, 3.63) is 23.3 Å². The van der Waals surface area contributed by atoms with Crippen molar-refractivity contribution < 1.29 is 17.9 Å². The lowest BCUT2D eigenvalue weighted by Crippen LogP contribution is -2.45. The van der Waals surface area contributed by atoms with Crippen molar-refractivity contribution in [2.24, 2.45) is 0 Å². The van der Waals surface area contributed by atoms with Gasteiger partial charge >= 0.3 is 6.18 Å². The first-order valence-corrected chi connectivity index (χ1v) is 7.92. The molecule has 2 N–H and O–H groups in total. The molecule has 0 bridgehead atoms. The summed E-state index contributed by atoms with van der Waals surface area (Å²) < 4.78 is 44.7. The zero-order valence-corrected chi connectivity index (χ0v) is 13.6. The van der Waals surface area contributed by atoms with Crippen molar-refractivity contribution >= 4 is 5.69 Å². The van der Waals surface area contributed by atoms with Gasteiger partial charge in [-0.1, -0.05) is 6.92 Å². The molecule has 4 nitrogen and oxygen atoms in total. The first kappa shape index (κ1) is 17.9. The van der Waals surface area contributed by atoms with Gasteiger partial charge in [0.05, 0.1) is 12.2 Å². The highest BCUT2D eigenvalue weighted by Gasteiger charge is 2.34. The Labute approximate surface area is 135 Å². The number of nitrogens with zero attached hydrogens (tertiary/aromatic N) is 2. The molecule has 130 valence electrons. The van der Waals surface area contributed by atoms with Gasteiger partial charge in [0.25, 0.3) is 0 Å². The van der Waals surface area contributed by atoms with Crippen LogP contribution in [0.25, 0.3) is 0 Å². The summed E-state index contributed by atoms with van der Waals surface area (Å²) in [6, 6.07) is 2.43. The van der Waals surface area contributed by atoms with Crippen molar-refractivity contribution in [1.82, 2.24) is 9.80 Å². The Bertz CT molecular complexity index is 526. The zero-order chi connectivity index (χ0) is 17.0. The van der Waals surface area contributed by atoms with E-state index >= 15 is 0 Å². The predicted octanol–water partition coefficient (Wildman–Crippen LogP) is 2.82. The first-order chi connectivity index (χ1) is 10.8. The molecule has 7 heteroatoms. The van der Waals surface area contributed by atoms with Crippen LogP contribution in [0.3, 0.4) is 0 Å². The topological polar surface area (TPSA) is 41.7 Å². The molecule has 0 atom stereocenters. The lowest BCUT2D eigenvalue weighted by molar-refractivity contribution is -0.137. The van der Waals surface area contributed by atoms with E-state index in [1.807, 2.05) is 0 Å². The van der Waals surface area contributed by atoms with Gasteiger partial charge in [-0.15, -0.1) is 0 Å². The van der Waals surface area contributed by atoms with Gasteiger partial charge in [-0.3, -0.25) is 4.90 Å². The number of piperazine rings is 1. The van der Waals surface area contributed by atoms with Crippen LogP contribution in [0, 0.1) is 0 Å². The smallest absolute Gasteiger partial charge is 0.418 e. The third-order valence-corrected chi connectivity index (χ3v) is 4.14. The number of nitrogen functional groups attached to an aromatic ring is 1. The second-order valence-electron chi connectivity index (χ2n) is 5.69. The van der Waals surface area contributed by atoms with E-state index in [4.69, 9.17) is 10.5 Å². The highest BCUT2D eigenvalue weighted by Crippen LogP contribution is 2.37. The van der Waals surface area contributed by atoms with Crippen molar-refractivity contribution in [2.75, 3.05) is 45.1 Å². The van der Waals surface area contributed by atoms with Gasteiger partial charge in [-0.2, -0.15) is 13.2 Å². The van der Waals surface area contributed by atoms with Gasteiger partial charge in [0.1, 0.15) is 5.75 Å². The van der Waals surface area contributed by atoms with E-state index in [2.05, 4.69) is 16.7 Å². The molecule has 1 aromatic rings. The van der Waals surface area contributed by atoms with Crippen molar-refractivity contribution in [3.63, 3.8) is 0 Å². The molecule has 0 amide bonds. The standard InChI is InChI=1S/C16H24F3N3O/c1-3-21-5-7-22(8-6-21)11-12-9-13(16(17,18)19)14(20)10-15(12)23-4-2/h9-10H,3-8,11,20H2,1-2H3. The van der Waals surface area contributed by atoms with Crippen LogP contribution in [0.15, 0.2) is 12.1 Å². The Balaban J connectivity index is 2.21. The molecule has 1 heterocycles. The summed E-state index contributed by atoms with van der Waals surface area (Å²) in [5.74, 6) is 0.441. The minimum absolute atomic E-state index is 0.291. The Morgan fingerprint density at radius 1 is 1.09 bits per heavy atom. The number of anilines is 1. The maximum absolute atomic E-state index is 13.1. The molecule has 2 rings (SSSR count). The molecular weight excluding hydrogens is 307 g/mol. The van der Waals surface area contributed by atoms with E-state index in [-0.39, 0.29) is 5.69 Å². The molecule has 0 radical (unpaired) electrons. The Kier molecular flexibility index (Phi) is 5.75. The Morgan fingerprint density at radius 2 is 1.70 bits per heavy atom. The van der Waals surface area contributed by atoms with Gasteiger partial charge in [-0.25, -0.2) is 0 Å². The van der Waals surface area contributed by atoms with Crippen LogP contribution >= 0.6 is 0 Å². The van der Waals surface area contributed by atoms with Crippen LogP contribution in [-0.2, 0) is 12.7 Å². The molecule has 0 aromatic heterocycles. The minimum Gasteiger partial charge on any atom is -0.493 e. The van der Waals surface area contributed by atoms with Crippen LogP contribution < -0.4 is 10.5 Å². The highest BCUT2D eigenvalue weighted by atomic mass is 19.4. The van der Waals surface area contributed by atoms with E-state index in [9.17, 15) is 13.2 Å². The van der Waals surface area contributed by atoms with Crippen molar-refractivity contribution in [3.8, 4) is 5.75 Å². The maximum Gasteiger partial charge on any atom is 0.418 e. The van der Waals surface area contributed by atoms with Gasteiger partial charge < -0.3 is 15.4 Å². The van der Waals surface area contributed by atoms with Crippen LogP contribution in [0.5, 0.6) is 5.75 Å². The SMILES string of the molecule is CCOc1cc(N)c(C(F)(F)F)cc1CN1CCN(CC)CC1. The van der Waals surface area contributed by atoms with Crippen LogP contribution in [0.1, 0.15) is 25.0 Å². The van der Waals surface area contributed by atoms with Gasteiger partial charge in [0.2, 0.25) is 0 Å². The lowest BCUT2D eigenvalue weighted by Gasteiger charge is -2.34. The number of hydrogen-bond acceptors (Lipinski definition) is 4. The van der Waals surface area contributed by atoms with Gasteiger partial charge in [0.15, 0.2) is 0 Å². The number of hydrogen-bond donors (Lipinski definition) is 1. The summed E-state index contributed by atoms with van der Waals surface area (Å²) in [6.45, 7) is 9.28. The molecule has 0 unspecified atom stereocenters. The molecule has 23 heavy (non-hydrogen) atoms. The number of alkyl halides is 3.